The number of benzene rings is 1. The monoisotopic (exact) mass is 340 g/mol. The highest BCUT2D eigenvalue weighted by Gasteiger charge is 2.12. The maximum Gasteiger partial charge on any atom is 0.257 e. The van der Waals surface area contributed by atoms with Gasteiger partial charge in [0, 0.05) is 50.5 Å². The Kier molecular flexibility index (Phi) is 5.85. The molecule has 1 aliphatic rings. The summed E-state index contributed by atoms with van der Waals surface area (Å²) < 4.78 is 5.00. The van der Waals surface area contributed by atoms with Gasteiger partial charge < -0.3 is 20.3 Å². The molecule has 1 saturated heterocycles. The maximum atomic E-state index is 12.4. The summed E-state index contributed by atoms with van der Waals surface area (Å²) in [6.45, 7) is 3.49. The first-order valence-corrected chi connectivity index (χ1v) is 8.60. The number of methoxy groups -OCH3 is 1. The first kappa shape index (κ1) is 17.2. The summed E-state index contributed by atoms with van der Waals surface area (Å²) in [7, 11) is 1.65. The molecule has 3 rings (SSSR count). The van der Waals surface area contributed by atoms with Gasteiger partial charge in [-0.3, -0.25) is 9.78 Å². The van der Waals surface area contributed by atoms with Crippen LogP contribution in [-0.4, -0.2) is 44.2 Å². The highest BCUT2D eigenvalue weighted by molar-refractivity contribution is 6.04. The number of nitrogens with one attached hydrogen (secondary N) is 2. The Morgan fingerprint density at radius 3 is 2.64 bits per heavy atom. The number of rotatable bonds is 7. The number of aromatic nitrogens is 1. The SMILES string of the molecule is COCCNc1cncc(C(=O)Nc2ccc(N3CCCC3)cc2)c1. The lowest BCUT2D eigenvalue weighted by Gasteiger charge is -2.17. The summed E-state index contributed by atoms with van der Waals surface area (Å²) >= 11 is 0. The van der Waals surface area contributed by atoms with Gasteiger partial charge in [-0.15, -0.1) is 0 Å². The van der Waals surface area contributed by atoms with Crippen LogP contribution in [0.3, 0.4) is 0 Å². The molecule has 0 spiro atoms. The van der Waals surface area contributed by atoms with Gasteiger partial charge in [-0.1, -0.05) is 0 Å². The zero-order chi connectivity index (χ0) is 17.5. The molecule has 0 aliphatic carbocycles. The van der Waals surface area contributed by atoms with Gasteiger partial charge in [0.05, 0.1) is 17.9 Å². The van der Waals surface area contributed by atoms with Crippen molar-refractivity contribution >= 4 is 23.0 Å². The third kappa shape index (κ3) is 4.70. The topological polar surface area (TPSA) is 66.5 Å². The zero-order valence-electron chi connectivity index (χ0n) is 14.5. The molecule has 0 atom stereocenters. The lowest BCUT2D eigenvalue weighted by molar-refractivity contribution is 0.102. The number of nitrogens with zero attached hydrogens (tertiary/aromatic N) is 2. The van der Waals surface area contributed by atoms with E-state index < -0.39 is 0 Å². The van der Waals surface area contributed by atoms with Gasteiger partial charge in [0.25, 0.3) is 5.91 Å². The number of hydrogen-bond donors (Lipinski definition) is 2. The highest BCUT2D eigenvalue weighted by atomic mass is 16.5. The average Bonchev–Trinajstić information content (AvgIpc) is 3.17. The minimum absolute atomic E-state index is 0.170. The molecule has 1 amide bonds. The Bertz CT molecular complexity index is 697. The molecule has 0 unspecified atom stereocenters. The standard InChI is InChI=1S/C19H24N4O2/c1-25-11-8-21-17-12-15(13-20-14-17)19(24)22-16-4-6-18(7-5-16)23-9-2-3-10-23/h4-7,12-14,21H,2-3,8-11H2,1H3,(H,22,24). The highest BCUT2D eigenvalue weighted by Crippen LogP contribution is 2.22. The van der Waals surface area contributed by atoms with E-state index in [2.05, 4.69) is 32.7 Å². The number of amides is 1. The molecule has 0 radical (unpaired) electrons. The van der Waals surface area contributed by atoms with Gasteiger partial charge in [0.1, 0.15) is 0 Å². The van der Waals surface area contributed by atoms with Crippen molar-refractivity contribution in [1.29, 1.82) is 0 Å². The summed E-state index contributed by atoms with van der Waals surface area (Å²) in [5.74, 6) is -0.170. The van der Waals surface area contributed by atoms with Crippen LogP contribution >= 0.6 is 0 Å². The second kappa shape index (κ2) is 8.48. The normalized spacial score (nSPS) is 13.7. The fourth-order valence-electron chi connectivity index (χ4n) is 2.89. The minimum atomic E-state index is -0.170. The van der Waals surface area contributed by atoms with E-state index in [-0.39, 0.29) is 5.91 Å². The van der Waals surface area contributed by atoms with Crippen LogP contribution in [0, 0.1) is 0 Å². The molecule has 0 saturated carbocycles. The van der Waals surface area contributed by atoms with E-state index in [1.807, 2.05) is 12.1 Å². The molecule has 2 heterocycles. The minimum Gasteiger partial charge on any atom is -0.383 e. The number of hydrogen-bond acceptors (Lipinski definition) is 5. The first-order valence-electron chi connectivity index (χ1n) is 8.60. The fraction of sp³-hybridized carbons (Fsp3) is 0.368. The van der Waals surface area contributed by atoms with Crippen molar-refractivity contribution in [2.75, 3.05) is 48.9 Å². The van der Waals surface area contributed by atoms with Gasteiger partial charge in [-0.25, -0.2) is 0 Å². The number of carbonyl (C=O) groups is 1. The third-order valence-corrected chi connectivity index (χ3v) is 4.23. The van der Waals surface area contributed by atoms with Gasteiger partial charge in [0.2, 0.25) is 0 Å². The third-order valence-electron chi connectivity index (χ3n) is 4.23. The Hall–Kier alpha value is -2.60. The van der Waals surface area contributed by atoms with Gasteiger partial charge in [-0.2, -0.15) is 0 Å². The van der Waals surface area contributed by atoms with Crippen molar-refractivity contribution in [2.45, 2.75) is 12.8 Å². The maximum absolute atomic E-state index is 12.4. The van der Waals surface area contributed by atoms with Crippen LogP contribution in [0.25, 0.3) is 0 Å². The lowest BCUT2D eigenvalue weighted by Crippen LogP contribution is -2.17. The van der Waals surface area contributed by atoms with Gasteiger partial charge >= 0.3 is 0 Å². The van der Waals surface area contributed by atoms with Crippen molar-refractivity contribution in [3.05, 3.63) is 48.3 Å². The molecule has 1 aromatic carbocycles. The molecule has 1 fully saturated rings. The number of ether oxygens (including phenoxy) is 1. The van der Waals surface area contributed by atoms with E-state index in [1.165, 1.54) is 18.5 Å². The van der Waals surface area contributed by atoms with Crippen molar-refractivity contribution in [3.63, 3.8) is 0 Å². The molecule has 25 heavy (non-hydrogen) atoms. The summed E-state index contributed by atoms with van der Waals surface area (Å²) in [5.41, 5.74) is 3.31. The molecular weight excluding hydrogens is 316 g/mol. The van der Waals surface area contributed by atoms with Gasteiger partial charge in [-0.05, 0) is 43.2 Å². The van der Waals surface area contributed by atoms with Crippen molar-refractivity contribution in [3.8, 4) is 0 Å². The quantitative estimate of drug-likeness (QED) is 0.759. The molecule has 1 aromatic heterocycles. The van der Waals surface area contributed by atoms with Crippen molar-refractivity contribution in [2.24, 2.45) is 0 Å². The summed E-state index contributed by atoms with van der Waals surface area (Å²) in [4.78, 5) is 18.9. The van der Waals surface area contributed by atoms with Crippen molar-refractivity contribution in [1.82, 2.24) is 4.98 Å². The first-order chi connectivity index (χ1) is 12.3. The lowest BCUT2D eigenvalue weighted by atomic mass is 10.2. The summed E-state index contributed by atoms with van der Waals surface area (Å²) in [6, 6.07) is 9.79. The summed E-state index contributed by atoms with van der Waals surface area (Å²) in [6.07, 6.45) is 5.76. The van der Waals surface area contributed by atoms with Crippen LogP contribution in [0.4, 0.5) is 17.1 Å². The molecular formula is C19H24N4O2. The molecule has 6 heteroatoms. The number of pyridine rings is 1. The Labute approximate surface area is 148 Å². The fourth-order valence-corrected chi connectivity index (χ4v) is 2.89. The van der Waals surface area contributed by atoms with Crippen LogP contribution in [-0.2, 0) is 4.74 Å². The summed E-state index contributed by atoms with van der Waals surface area (Å²) in [5, 5.41) is 6.09. The van der Waals surface area contributed by atoms with Crippen LogP contribution in [0.5, 0.6) is 0 Å². The molecule has 132 valence electrons. The van der Waals surface area contributed by atoms with Gasteiger partial charge in [0.15, 0.2) is 0 Å². The Balaban J connectivity index is 1.60. The smallest absolute Gasteiger partial charge is 0.257 e. The van der Waals surface area contributed by atoms with E-state index >= 15 is 0 Å². The predicted octanol–water partition coefficient (Wildman–Crippen LogP) is 2.99. The molecule has 6 nitrogen and oxygen atoms in total. The molecule has 2 N–H and O–H groups in total. The predicted molar refractivity (Wildman–Crippen MR) is 100 cm³/mol. The van der Waals surface area contributed by atoms with E-state index in [1.54, 1.807) is 25.6 Å². The van der Waals surface area contributed by atoms with E-state index in [9.17, 15) is 4.79 Å². The van der Waals surface area contributed by atoms with E-state index in [4.69, 9.17) is 4.74 Å². The molecule has 1 aliphatic heterocycles. The van der Waals surface area contributed by atoms with Crippen molar-refractivity contribution < 1.29 is 9.53 Å². The number of anilines is 3. The molecule has 0 bridgehead atoms. The van der Waals surface area contributed by atoms with Crippen LogP contribution in [0.15, 0.2) is 42.7 Å². The zero-order valence-corrected chi connectivity index (χ0v) is 14.5. The second-order valence-corrected chi connectivity index (χ2v) is 6.08. The molecule has 2 aromatic rings. The largest absolute Gasteiger partial charge is 0.383 e. The van der Waals surface area contributed by atoms with E-state index in [0.717, 1.165) is 24.5 Å². The van der Waals surface area contributed by atoms with Crippen LogP contribution in [0.2, 0.25) is 0 Å². The average molecular weight is 340 g/mol. The van der Waals surface area contributed by atoms with Crippen LogP contribution < -0.4 is 15.5 Å². The Morgan fingerprint density at radius 1 is 1.16 bits per heavy atom. The second-order valence-electron chi connectivity index (χ2n) is 6.08. The Morgan fingerprint density at radius 2 is 1.92 bits per heavy atom. The van der Waals surface area contributed by atoms with Crippen LogP contribution in [0.1, 0.15) is 23.2 Å². The van der Waals surface area contributed by atoms with E-state index in [0.29, 0.717) is 18.7 Å². The number of carbonyl (C=O) groups excluding carboxylic acids is 1.